The Morgan fingerprint density at radius 3 is 2.50 bits per heavy atom. The van der Waals surface area contributed by atoms with Crippen LogP contribution in [0.5, 0.6) is 0 Å². The first-order valence-corrected chi connectivity index (χ1v) is 6.92. The van der Waals surface area contributed by atoms with E-state index in [9.17, 15) is 5.11 Å². The summed E-state index contributed by atoms with van der Waals surface area (Å²) in [6.45, 7) is 6.65. The molecule has 3 nitrogen and oxygen atoms in total. The fourth-order valence-electron chi connectivity index (χ4n) is 3.30. The van der Waals surface area contributed by atoms with Crippen molar-refractivity contribution >= 4 is 0 Å². The lowest BCUT2D eigenvalue weighted by Gasteiger charge is -2.46. The van der Waals surface area contributed by atoms with Crippen LogP contribution in [0.4, 0.5) is 0 Å². The highest BCUT2D eigenvalue weighted by Crippen LogP contribution is 2.31. The smallest absolute Gasteiger partial charge is 0.0471 e. The molecular weight excluding hydrogens is 200 g/mol. The molecule has 0 aromatic rings. The zero-order valence-corrected chi connectivity index (χ0v) is 10.1. The normalized spacial score (nSPS) is 37.3. The van der Waals surface area contributed by atoms with E-state index in [2.05, 4.69) is 9.80 Å². The van der Waals surface area contributed by atoms with Crippen molar-refractivity contribution in [2.45, 2.75) is 31.7 Å². The van der Waals surface area contributed by atoms with Crippen LogP contribution in [0.3, 0.4) is 0 Å². The van der Waals surface area contributed by atoms with Gasteiger partial charge in [-0.15, -0.1) is 0 Å². The second kappa shape index (κ2) is 4.63. The van der Waals surface area contributed by atoms with E-state index in [0.29, 0.717) is 12.5 Å². The van der Waals surface area contributed by atoms with Crippen molar-refractivity contribution in [3.05, 3.63) is 0 Å². The molecule has 3 heteroatoms. The molecule has 2 atom stereocenters. The fourth-order valence-corrected chi connectivity index (χ4v) is 3.30. The van der Waals surface area contributed by atoms with Gasteiger partial charge in [-0.2, -0.15) is 0 Å². The van der Waals surface area contributed by atoms with Gasteiger partial charge in [0.05, 0.1) is 0 Å². The minimum absolute atomic E-state index is 0.384. The Morgan fingerprint density at radius 1 is 0.938 bits per heavy atom. The molecule has 1 N–H and O–H groups in total. The average Bonchev–Trinajstić information content (AvgIpc) is 3.12. The van der Waals surface area contributed by atoms with Gasteiger partial charge in [-0.3, -0.25) is 4.90 Å². The summed E-state index contributed by atoms with van der Waals surface area (Å²) in [7, 11) is 0. The van der Waals surface area contributed by atoms with Crippen LogP contribution in [-0.4, -0.2) is 60.3 Å². The van der Waals surface area contributed by atoms with Crippen LogP contribution in [-0.2, 0) is 0 Å². The van der Waals surface area contributed by atoms with E-state index in [0.717, 1.165) is 18.5 Å². The van der Waals surface area contributed by atoms with E-state index in [1.165, 1.54) is 51.9 Å². The van der Waals surface area contributed by atoms with Crippen LogP contribution in [0.15, 0.2) is 0 Å². The zero-order valence-electron chi connectivity index (χ0n) is 10.1. The summed E-state index contributed by atoms with van der Waals surface area (Å²) in [5, 5.41) is 9.22. The van der Waals surface area contributed by atoms with Crippen LogP contribution in [0.25, 0.3) is 0 Å². The minimum atomic E-state index is 0.384. The van der Waals surface area contributed by atoms with Crippen molar-refractivity contribution in [2.24, 2.45) is 11.8 Å². The summed E-state index contributed by atoms with van der Waals surface area (Å²) < 4.78 is 0. The SMILES string of the molecule is OC[C@H]1CC[C@H]2CN(CC3CC3)CCN2C1. The van der Waals surface area contributed by atoms with Crippen LogP contribution in [0.2, 0.25) is 0 Å². The largest absolute Gasteiger partial charge is 0.396 e. The molecule has 16 heavy (non-hydrogen) atoms. The molecule has 2 aliphatic heterocycles. The molecule has 3 fully saturated rings. The first-order chi connectivity index (χ1) is 7.85. The quantitative estimate of drug-likeness (QED) is 0.767. The number of aliphatic hydroxyl groups excluding tert-OH is 1. The van der Waals surface area contributed by atoms with Crippen LogP contribution < -0.4 is 0 Å². The molecule has 0 amide bonds. The number of nitrogens with zero attached hydrogens (tertiary/aromatic N) is 2. The van der Waals surface area contributed by atoms with Gasteiger partial charge < -0.3 is 10.0 Å². The number of piperidine rings is 1. The second-order valence-corrected chi connectivity index (χ2v) is 5.98. The van der Waals surface area contributed by atoms with Crippen LogP contribution >= 0.6 is 0 Å². The first-order valence-electron chi connectivity index (χ1n) is 6.92. The van der Waals surface area contributed by atoms with Gasteiger partial charge in [0.15, 0.2) is 0 Å². The standard InChI is InChI=1S/C13H24N2O/c16-10-12-3-4-13-9-14(7-11-1-2-11)5-6-15(13)8-12/h11-13,16H,1-10H2/t12-,13-/m0/s1. The van der Waals surface area contributed by atoms with Gasteiger partial charge in [-0.05, 0) is 37.5 Å². The lowest BCUT2D eigenvalue weighted by molar-refractivity contribution is 0.0137. The first kappa shape index (κ1) is 11.0. The lowest BCUT2D eigenvalue weighted by atomic mass is 9.91. The summed E-state index contributed by atoms with van der Waals surface area (Å²) in [6.07, 6.45) is 5.47. The predicted octanol–water partition coefficient (Wildman–Crippen LogP) is 0.785. The average molecular weight is 224 g/mol. The Balaban J connectivity index is 1.51. The molecule has 0 aromatic heterocycles. The predicted molar refractivity (Wildman–Crippen MR) is 64.3 cm³/mol. The highest BCUT2D eigenvalue weighted by Gasteiger charge is 2.34. The van der Waals surface area contributed by atoms with Crippen molar-refractivity contribution in [3.8, 4) is 0 Å². The maximum absolute atomic E-state index is 9.22. The molecule has 0 unspecified atom stereocenters. The van der Waals surface area contributed by atoms with Crippen molar-refractivity contribution < 1.29 is 5.11 Å². The van der Waals surface area contributed by atoms with Gasteiger partial charge >= 0.3 is 0 Å². The number of aliphatic hydroxyl groups is 1. The van der Waals surface area contributed by atoms with Gasteiger partial charge in [0.2, 0.25) is 0 Å². The van der Waals surface area contributed by atoms with Crippen molar-refractivity contribution in [1.29, 1.82) is 0 Å². The van der Waals surface area contributed by atoms with E-state index in [1.54, 1.807) is 0 Å². The van der Waals surface area contributed by atoms with E-state index in [1.807, 2.05) is 0 Å². The number of piperazine rings is 1. The van der Waals surface area contributed by atoms with Gasteiger partial charge in [-0.25, -0.2) is 0 Å². The monoisotopic (exact) mass is 224 g/mol. The highest BCUT2D eigenvalue weighted by molar-refractivity contribution is 4.89. The number of rotatable bonds is 3. The Kier molecular flexibility index (Phi) is 3.18. The van der Waals surface area contributed by atoms with Gasteiger partial charge in [0, 0.05) is 45.4 Å². The molecule has 2 heterocycles. The molecule has 0 bridgehead atoms. The zero-order chi connectivity index (χ0) is 11.0. The van der Waals surface area contributed by atoms with Crippen molar-refractivity contribution in [1.82, 2.24) is 9.80 Å². The fraction of sp³-hybridized carbons (Fsp3) is 1.00. The highest BCUT2D eigenvalue weighted by atomic mass is 16.3. The van der Waals surface area contributed by atoms with Crippen molar-refractivity contribution in [3.63, 3.8) is 0 Å². The molecule has 0 spiro atoms. The topological polar surface area (TPSA) is 26.7 Å². The van der Waals surface area contributed by atoms with E-state index in [4.69, 9.17) is 0 Å². The molecular formula is C13H24N2O. The molecule has 0 radical (unpaired) electrons. The summed E-state index contributed by atoms with van der Waals surface area (Å²) >= 11 is 0. The van der Waals surface area contributed by atoms with Gasteiger partial charge in [0.1, 0.15) is 0 Å². The maximum Gasteiger partial charge on any atom is 0.0471 e. The second-order valence-electron chi connectivity index (χ2n) is 5.98. The number of hydrogen-bond donors (Lipinski definition) is 1. The minimum Gasteiger partial charge on any atom is -0.396 e. The van der Waals surface area contributed by atoms with Gasteiger partial charge in [-0.1, -0.05) is 0 Å². The Morgan fingerprint density at radius 2 is 1.75 bits per heavy atom. The van der Waals surface area contributed by atoms with Crippen LogP contribution in [0, 0.1) is 11.8 Å². The molecule has 1 aliphatic carbocycles. The lowest BCUT2D eigenvalue weighted by Crippen LogP contribution is -2.56. The molecule has 2 saturated heterocycles. The molecule has 3 rings (SSSR count). The number of hydrogen-bond acceptors (Lipinski definition) is 3. The van der Waals surface area contributed by atoms with E-state index >= 15 is 0 Å². The molecule has 0 aromatic carbocycles. The molecule has 1 saturated carbocycles. The van der Waals surface area contributed by atoms with Gasteiger partial charge in [0.25, 0.3) is 0 Å². The summed E-state index contributed by atoms with van der Waals surface area (Å²) in [6, 6.07) is 0.787. The molecule has 3 aliphatic rings. The summed E-state index contributed by atoms with van der Waals surface area (Å²) in [5.74, 6) is 1.58. The number of fused-ring (bicyclic) bond motifs is 1. The Labute approximate surface area is 98.4 Å². The van der Waals surface area contributed by atoms with Crippen LogP contribution in [0.1, 0.15) is 25.7 Å². The Hall–Kier alpha value is -0.120. The third kappa shape index (κ3) is 2.41. The molecule has 92 valence electrons. The Bertz CT molecular complexity index is 242. The maximum atomic E-state index is 9.22. The third-order valence-corrected chi connectivity index (χ3v) is 4.56. The van der Waals surface area contributed by atoms with E-state index < -0.39 is 0 Å². The third-order valence-electron chi connectivity index (χ3n) is 4.56. The summed E-state index contributed by atoms with van der Waals surface area (Å²) in [5.41, 5.74) is 0. The van der Waals surface area contributed by atoms with Crippen molar-refractivity contribution in [2.75, 3.05) is 39.3 Å². The summed E-state index contributed by atoms with van der Waals surface area (Å²) in [4.78, 5) is 5.30. The van der Waals surface area contributed by atoms with E-state index in [-0.39, 0.29) is 0 Å².